The molecule has 6 heteroatoms. The van der Waals surface area contributed by atoms with Crippen LogP contribution in [0.5, 0.6) is 5.75 Å². The zero-order valence-electron chi connectivity index (χ0n) is 16.5. The van der Waals surface area contributed by atoms with Gasteiger partial charge in [0.1, 0.15) is 11.6 Å². The van der Waals surface area contributed by atoms with E-state index in [2.05, 4.69) is 26.1 Å². The van der Waals surface area contributed by atoms with Gasteiger partial charge >= 0.3 is 5.97 Å². The third-order valence-electron chi connectivity index (χ3n) is 4.06. The third kappa shape index (κ3) is 7.39. The Hall–Kier alpha value is -2.89. The Balaban J connectivity index is 1.63. The van der Waals surface area contributed by atoms with E-state index in [1.165, 1.54) is 17.7 Å². The number of hydrogen-bond donors (Lipinski definition) is 1. The van der Waals surface area contributed by atoms with E-state index in [4.69, 9.17) is 9.47 Å². The summed E-state index contributed by atoms with van der Waals surface area (Å²) in [6.07, 6.45) is 0.0479. The lowest BCUT2D eigenvalue weighted by Crippen LogP contribution is -2.28. The first-order valence-corrected chi connectivity index (χ1v) is 9.14. The summed E-state index contributed by atoms with van der Waals surface area (Å²) in [5.74, 6) is -0.589. The van der Waals surface area contributed by atoms with E-state index in [-0.39, 0.29) is 37.4 Å². The highest BCUT2D eigenvalue weighted by Gasteiger charge is 2.13. The van der Waals surface area contributed by atoms with E-state index in [1.54, 1.807) is 12.1 Å². The predicted molar refractivity (Wildman–Crippen MR) is 104 cm³/mol. The van der Waals surface area contributed by atoms with E-state index in [0.717, 1.165) is 5.56 Å². The van der Waals surface area contributed by atoms with Crippen LogP contribution in [0.15, 0.2) is 48.5 Å². The molecule has 0 fully saturated rings. The van der Waals surface area contributed by atoms with Crippen LogP contribution in [0.25, 0.3) is 0 Å². The molecule has 2 rings (SSSR count). The van der Waals surface area contributed by atoms with Crippen molar-refractivity contribution in [3.05, 3.63) is 65.5 Å². The number of halogens is 1. The van der Waals surface area contributed by atoms with Crippen molar-refractivity contribution >= 4 is 11.9 Å². The van der Waals surface area contributed by atoms with Crippen LogP contribution >= 0.6 is 0 Å². The number of amides is 1. The molecule has 0 saturated carbocycles. The summed E-state index contributed by atoms with van der Waals surface area (Å²) in [7, 11) is 0. The second-order valence-corrected chi connectivity index (χ2v) is 7.44. The molecule has 0 saturated heterocycles. The van der Waals surface area contributed by atoms with Gasteiger partial charge in [0.05, 0.1) is 13.0 Å². The van der Waals surface area contributed by atoms with Crippen LogP contribution in [0.4, 0.5) is 4.39 Å². The fraction of sp³-hybridized carbons (Fsp3) is 0.364. The highest BCUT2D eigenvalue weighted by Crippen LogP contribution is 2.24. The molecule has 0 heterocycles. The lowest BCUT2D eigenvalue weighted by atomic mass is 9.87. The lowest BCUT2D eigenvalue weighted by Gasteiger charge is -2.19. The second-order valence-electron chi connectivity index (χ2n) is 7.44. The molecule has 0 aliphatic carbocycles. The zero-order chi connectivity index (χ0) is 20.6. The van der Waals surface area contributed by atoms with Crippen LogP contribution in [0, 0.1) is 5.82 Å². The number of nitrogens with one attached hydrogen (secondary N) is 1. The summed E-state index contributed by atoms with van der Waals surface area (Å²) in [5.41, 5.74) is 2.03. The number of benzene rings is 2. The number of rotatable bonds is 8. The molecule has 0 unspecified atom stereocenters. The van der Waals surface area contributed by atoms with Crippen LogP contribution in [0.2, 0.25) is 0 Å². The van der Waals surface area contributed by atoms with Crippen molar-refractivity contribution in [1.82, 2.24) is 5.32 Å². The van der Waals surface area contributed by atoms with Crippen molar-refractivity contribution in [2.75, 3.05) is 13.2 Å². The van der Waals surface area contributed by atoms with Crippen molar-refractivity contribution in [1.29, 1.82) is 0 Å². The van der Waals surface area contributed by atoms with Gasteiger partial charge in [-0.2, -0.15) is 0 Å². The molecule has 0 aromatic heterocycles. The monoisotopic (exact) mass is 387 g/mol. The Morgan fingerprint density at radius 3 is 2.25 bits per heavy atom. The smallest absolute Gasteiger partial charge is 0.309 e. The molecular formula is C22H26FNO4. The van der Waals surface area contributed by atoms with E-state index in [1.807, 2.05) is 24.3 Å². The largest absolute Gasteiger partial charge is 0.493 e. The van der Waals surface area contributed by atoms with Crippen LogP contribution < -0.4 is 10.1 Å². The topological polar surface area (TPSA) is 64.6 Å². The molecule has 0 radical (unpaired) electrons. The Kier molecular flexibility index (Phi) is 7.55. The van der Waals surface area contributed by atoms with E-state index in [0.29, 0.717) is 5.75 Å². The summed E-state index contributed by atoms with van der Waals surface area (Å²) in [6, 6.07) is 13.5. The molecule has 1 amide bonds. The number of carbonyl (C=O) groups excluding carboxylic acids is 2. The summed E-state index contributed by atoms with van der Waals surface area (Å²) < 4.78 is 23.3. The Morgan fingerprint density at radius 1 is 1.00 bits per heavy atom. The van der Waals surface area contributed by atoms with Crippen LogP contribution in [-0.4, -0.2) is 25.1 Å². The average Bonchev–Trinajstić information content (AvgIpc) is 2.65. The standard InChI is InChI=1S/C22H26FNO4/c1-22(2,3)17-6-10-19(11-7-17)27-13-12-21(26)28-15-20(25)24-14-16-4-8-18(23)9-5-16/h4-11H,12-15H2,1-3H3,(H,24,25). The second kappa shape index (κ2) is 9.88. The fourth-order valence-electron chi connectivity index (χ4n) is 2.38. The third-order valence-corrected chi connectivity index (χ3v) is 4.06. The lowest BCUT2D eigenvalue weighted by molar-refractivity contribution is -0.149. The van der Waals surface area contributed by atoms with Crippen molar-refractivity contribution in [3.63, 3.8) is 0 Å². The van der Waals surface area contributed by atoms with Gasteiger partial charge < -0.3 is 14.8 Å². The van der Waals surface area contributed by atoms with Crippen molar-refractivity contribution < 1.29 is 23.5 Å². The molecule has 0 atom stereocenters. The SMILES string of the molecule is CC(C)(C)c1ccc(OCCC(=O)OCC(=O)NCc2ccc(F)cc2)cc1. The minimum atomic E-state index is -0.511. The maximum Gasteiger partial charge on any atom is 0.309 e. The van der Waals surface area contributed by atoms with Gasteiger partial charge in [-0.05, 0) is 40.8 Å². The number of carbonyl (C=O) groups is 2. The van der Waals surface area contributed by atoms with Gasteiger partial charge in [0.2, 0.25) is 0 Å². The normalized spacial score (nSPS) is 11.0. The van der Waals surface area contributed by atoms with Crippen LogP contribution in [-0.2, 0) is 26.3 Å². The van der Waals surface area contributed by atoms with Gasteiger partial charge in [0.15, 0.2) is 6.61 Å². The predicted octanol–water partition coefficient (Wildman–Crippen LogP) is 3.75. The Bertz CT molecular complexity index is 780. The highest BCUT2D eigenvalue weighted by molar-refractivity contribution is 5.80. The van der Waals surface area contributed by atoms with Gasteiger partial charge in [-0.3, -0.25) is 9.59 Å². The van der Waals surface area contributed by atoms with Crippen LogP contribution in [0.1, 0.15) is 38.3 Å². The van der Waals surface area contributed by atoms with Crippen LogP contribution in [0.3, 0.4) is 0 Å². The molecule has 0 spiro atoms. The maximum absolute atomic E-state index is 12.8. The molecule has 2 aromatic rings. The molecule has 28 heavy (non-hydrogen) atoms. The van der Waals surface area contributed by atoms with Gasteiger partial charge in [0.25, 0.3) is 5.91 Å². The van der Waals surface area contributed by atoms with Gasteiger partial charge in [-0.1, -0.05) is 45.0 Å². The number of esters is 1. The first-order chi connectivity index (χ1) is 13.2. The molecule has 1 N–H and O–H groups in total. The summed E-state index contributed by atoms with van der Waals surface area (Å²) >= 11 is 0. The maximum atomic E-state index is 12.8. The number of hydrogen-bond acceptors (Lipinski definition) is 4. The fourth-order valence-corrected chi connectivity index (χ4v) is 2.38. The Labute approximate surface area is 164 Å². The summed E-state index contributed by atoms with van der Waals surface area (Å²) in [4.78, 5) is 23.4. The first kappa shape index (κ1) is 21.4. The summed E-state index contributed by atoms with van der Waals surface area (Å²) in [6.45, 7) is 6.45. The molecule has 0 aliphatic rings. The number of ether oxygens (including phenoxy) is 2. The van der Waals surface area contributed by atoms with Gasteiger partial charge in [-0.15, -0.1) is 0 Å². The first-order valence-electron chi connectivity index (χ1n) is 9.14. The Morgan fingerprint density at radius 2 is 1.64 bits per heavy atom. The van der Waals surface area contributed by atoms with Crippen molar-refractivity contribution in [2.45, 2.75) is 39.2 Å². The average molecular weight is 387 g/mol. The van der Waals surface area contributed by atoms with E-state index < -0.39 is 11.9 Å². The molecule has 150 valence electrons. The zero-order valence-corrected chi connectivity index (χ0v) is 16.5. The molecular weight excluding hydrogens is 361 g/mol. The molecule has 2 aromatic carbocycles. The van der Waals surface area contributed by atoms with Gasteiger partial charge in [0, 0.05) is 6.54 Å². The molecule has 0 aliphatic heterocycles. The molecule has 5 nitrogen and oxygen atoms in total. The van der Waals surface area contributed by atoms with Crippen molar-refractivity contribution in [2.24, 2.45) is 0 Å². The van der Waals surface area contributed by atoms with Gasteiger partial charge in [-0.25, -0.2) is 4.39 Å². The van der Waals surface area contributed by atoms with Crippen molar-refractivity contribution in [3.8, 4) is 5.75 Å². The van der Waals surface area contributed by atoms with E-state index >= 15 is 0 Å². The highest BCUT2D eigenvalue weighted by atomic mass is 19.1. The summed E-state index contributed by atoms with van der Waals surface area (Å²) in [5, 5.41) is 2.60. The van der Waals surface area contributed by atoms with E-state index in [9.17, 15) is 14.0 Å². The quantitative estimate of drug-likeness (QED) is 0.701. The minimum absolute atomic E-state index is 0.0479. The molecule has 0 bridgehead atoms. The minimum Gasteiger partial charge on any atom is -0.493 e.